The van der Waals surface area contributed by atoms with Crippen molar-refractivity contribution in [3.63, 3.8) is 0 Å². The Balaban J connectivity index is 2.35. The monoisotopic (exact) mass is 321 g/mol. The molecule has 0 amide bonds. The van der Waals surface area contributed by atoms with Gasteiger partial charge in [0, 0.05) is 15.9 Å². The summed E-state index contributed by atoms with van der Waals surface area (Å²) in [6.45, 7) is 3.70. The van der Waals surface area contributed by atoms with Crippen LogP contribution in [0.25, 0.3) is 0 Å². The van der Waals surface area contributed by atoms with Crippen LogP contribution in [0.2, 0.25) is 0 Å². The van der Waals surface area contributed by atoms with Gasteiger partial charge in [0.15, 0.2) is 5.69 Å². The van der Waals surface area contributed by atoms with E-state index in [-0.39, 0.29) is 11.6 Å². The lowest BCUT2D eigenvalue weighted by atomic mass is 10.2. The van der Waals surface area contributed by atoms with Gasteiger partial charge in [-0.05, 0) is 43.7 Å². The van der Waals surface area contributed by atoms with Gasteiger partial charge in [-0.1, -0.05) is 15.9 Å². The lowest BCUT2D eigenvalue weighted by Gasteiger charge is -2.08. The summed E-state index contributed by atoms with van der Waals surface area (Å²) in [4.78, 5) is 19.1. The molecule has 1 aromatic carbocycles. The Morgan fingerprint density at radius 2 is 1.95 bits per heavy atom. The lowest BCUT2D eigenvalue weighted by molar-refractivity contribution is 0.0690. The molecule has 1 heterocycles. The van der Waals surface area contributed by atoms with Gasteiger partial charge in [0.05, 0.1) is 0 Å². The minimum atomic E-state index is -1.07. The number of rotatable bonds is 3. The summed E-state index contributed by atoms with van der Waals surface area (Å²) in [5, 5.41) is 12.0. The van der Waals surface area contributed by atoms with Gasteiger partial charge in [0.25, 0.3) is 0 Å². The van der Waals surface area contributed by atoms with E-state index in [1.54, 1.807) is 6.92 Å². The Morgan fingerprint density at radius 1 is 1.21 bits per heavy atom. The number of aromatic nitrogens is 2. The van der Waals surface area contributed by atoms with E-state index in [0.717, 1.165) is 15.7 Å². The van der Waals surface area contributed by atoms with Gasteiger partial charge < -0.3 is 10.4 Å². The maximum atomic E-state index is 10.9. The number of nitrogens with one attached hydrogen (secondary N) is 1. The highest BCUT2D eigenvalue weighted by molar-refractivity contribution is 9.10. The average Bonchev–Trinajstić information content (AvgIpc) is 2.26. The summed E-state index contributed by atoms with van der Waals surface area (Å²) in [7, 11) is 0. The van der Waals surface area contributed by atoms with Crippen LogP contribution in [0.3, 0.4) is 0 Å². The predicted octanol–water partition coefficient (Wildman–Crippen LogP) is 3.30. The number of carboxylic acids is 1. The van der Waals surface area contributed by atoms with Crippen molar-refractivity contribution < 1.29 is 9.90 Å². The second-order valence-corrected chi connectivity index (χ2v) is 5.08. The molecule has 6 heteroatoms. The van der Waals surface area contributed by atoms with Crippen molar-refractivity contribution in [1.29, 1.82) is 0 Å². The molecule has 0 saturated heterocycles. The van der Waals surface area contributed by atoms with Crippen LogP contribution in [0.5, 0.6) is 0 Å². The van der Waals surface area contributed by atoms with Gasteiger partial charge >= 0.3 is 5.97 Å². The fourth-order valence-electron chi connectivity index (χ4n) is 1.67. The predicted molar refractivity (Wildman–Crippen MR) is 75.9 cm³/mol. The molecular formula is C13H12BrN3O2. The van der Waals surface area contributed by atoms with Crippen LogP contribution >= 0.6 is 15.9 Å². The highest BCUT2D eigenvalue weighted by Crippen LogP contribution is 2.21. The largest absolute Gasteiger partial charge is 0.477 e. The van der Waals surface area contributed by atoms with Crippen LogP contribution in [0.4, 0.5) is 11.6 Å². The molecule has 0 spiro atoms. The van der Waals surface area contributed by atoms with E-state index in [2.05, 4.69) is 31.2 Å². The number of hydrogen-bond acceptors (Lipinski definition) is 4. The van der Waals surface area contributed by atoms with Gasteiger partial charge in [0.2, 0.25) is 5.95 Å². The first-order valence-corrected chi connectivity index (χ1v) is 6.36. The number of nitrogens with zero attached hydrogens (tertiary/aromatic N) is 2. The fraction of sp³-hybridized carbons (Fsp3) is 0.154. The minimum absolute atomic E-state index is 0.0262. The number of hydrogen-bond donors (Lipinski definition) is 2. The Bertz CT molecular complexity index is 624. The Hall–Kier alpha value is -1.95. The van der Waals surface area contributed by atoms with Crippen LogP contribution in [-0.2, 0) is 0 Å². The third kappa shape index (κ3) is 3.51. The van der Waals surface area contributed by atoms with Crippen LogP contribution in [0.1, 0.15) is 21.7 Å². The first-order valence-electron chi connectivity index (χ1n) is 5.57. The Labute approximate surface area is 118 Å². The molecule has 0 saturated carbocycles. The minimum Gasteiger partial charge on any atom is -0.477 e. The second-order valence-electron chi connectivity index (χ2n) is 4.17. The topological polar surface area (TPSA) is 75.1 Å². The molecule has 0 aliphatic carbocycles. The fourth-order valence-corrected chi connectivity index (χ4v) is 2.28. The van der Waals surface area contributed by atoms with Crippen molar-refractivity contribution in [3.05, 3.63) is 45.7 Å². The van der Waals surface area contributed by atoms with Crippen molar-refractivity contribution in [2.24, 2.45) is 0 Å². The molecule has 0 aliphatic rings. The van der Waals surface area contributed by atoms with Gasteiger partial charge in [-0.3, -0.25) is 0 Å². The Kier molecular flexibility index (Phi) is 3.80. The van der Waals surface area contributed by atoms with Crippen molar-refractivity contribution >= 4 is 33.5 Å². The van der Waals surface area contributed by atoms with E-state index >= 15 is 0 Å². The summed E-state index contributed by atoms with van der Waals surface area (Å²) < 4.78 is 0.932. The van der Waals surface area contributed by atoms with E-state index in [1.807, 2.05) is 25.1 Å². The summed E-state index contributed by atoms with van der Waals surface area (Å²) >= 11 is 3.40. The first kappa shape index (κ1) is 13.5. The highest BCUT2D eigenvalue weighted by atomic mass is 79.9. The van der Waals surface area contributed by atoms with Crippen molar-refractivity contribution in [2.75, 3.05) is 5.32 Å². The smallest absolute Gasteiger partial charge is 0.354 e. The normalized spacial score (nSPS) is 10.3. The third-order valence-corrected chi connectivity index (χ3v) is 2.83. The molecule has 2 aromatic rings. The quantitative estimate of drug-likeness (QED) is 0.907. The van der Waals surface area contributed by atoms with Gasteiger partial charge in [0.1, 0.15) is 0 Å². The van der Waals surface area contributed by atoms with Gasteiger partial charge in [-0.25, -0.2) is 14.8 Å². The maximum Gasteiger partial charge on any atom is 0.354 e. The molecule has 0 bridgehead atoms. The first-order chi connectivity index (χ1) is 8.94. The summed E-state index contributed by atoms with van der Waals surface area (Å²) in [6, 6.07) is 7.21. The van der Waals surface area contributed by atoms with Crippen molar-refractivity contribution in [3.8, 4) is 0 Å². The molecule has 19 heavy (non-hydrogen) atoms. The lowest BCUT2D eigenvalue weighted by Crippen LogP contribution is -2.06. The summed E-state index contributed by atoms with van der Waals surface area (Å²) in [6.07, 6.45) is 0. The number of carbonyl (C=O) groups is 1. The molecule has 2 rings (SSSR count). The molecule has 0 radical (unpaired) electrons. The molecule has 1 aromatic heterocycles. The third-order valence-electron chi connectivity index (χ3n) is 2.37. The summed E-state index contributed by atoms with van der Waals surface area (Å²) in [5.74, 6) is -0.797. The zero-order valence-corrected chi connectivity index (χ0v) is 12.0. The Morgan fingerprint density at radius 3 is 2.58 bits per heavy atom. The standard InChI is InChI=1S/C13H12BrN3O2/c1-7-3-9(14)6-10(4-7)16-13-15-8(2)5-11(17-13)12(18)19/h3-6H,1-2H3,(H,18,19)(H,15,16,17). The highest BCUT2D eigenvalue weighted by Gasteiger charge is 2.09. The molecule has 5 nitrogen and oxygen atoms in total. The second kappa shape index (κ2) is 5.36. The van der Waals surface area contributed by atoms with Crippen molar-refractivity contribution in [2.45, 2.75) is 13.8 Å². The van der Waals surface area contributed by atoms with Gasteiger partial charge in [-0.2, -0.15) is 0 Å². The summed E-state index contributed by atoms with van der Waals surface area (Å²) in [5.41, 5.74) is 2.44. The van der Waals surface area contributed by atoms with Gasteiger partial charge in [-0.15, -0.1) is 0 Å². The van der Waals surface area contributed by atoms with E-state index in [0.29, 0.717) is 5.69 Å². The number of benzene rings is 1. The molecule has 0 unspecified atom stereocenters. The molecule has 0 atom stereocenters. The zero-order chi connectivity index (χ0) is 14.0. The van der Waals surface area contributed by atoms with Crippen LogP contribution in [0.15, 0.2) is 28.7 Å². The van der Waals surface area contributed by atoms with Crippen molar-refractivity contribution in [1.82, 2.24) is 9.97 Å². The van der Waals surface area contributed by atoms with Crippen LogP contribution in [0, 0.1) is 13.8 Å². The number of halogens is 1. The molecule has 0 aliphatic heterocycles. The number of carboxylic acid groups (broad SMARTS) is 1. The zero-order valence-electron chi connectivity index (χ0n) is 10.4. The average molecular weight is 322 g/mol. The van der Waals surface area contributed by atoms with E-state index in [9.17, 15) is 4.79 Å². The SMILES string of the molecule is Cc1cc(Br)cc(Nc2nc(C)cc(C(=O)O)n2)c1. The maximum absolute atomic E-state index is 10.9. The number of aromatic carboxylic acids is 1. The van der Waals surface area contributed by atoms with E-state index in [4.69, 9.17) is 5.11 Å². The van der Waals surface area contributed by atoms with E-state index < -0.39 is 5.97 Å². The molecule has 2 N–H and O–H groups in total. The van der Waals surface area contributed by atoms with E-state index in [1.165, 1.54) is 6.07 Å². The number of anilines is 2. The molecule has 98 valence electrons. The molecule has 0 fully saturated rings. The van der Waals surface area contributed by atoms with Crippen LogP contribution in [-0.4, -0.2) is 21.0 Å². The number of aryl methyl sites for hydroxylation is 2. The van der Waals surface area contributed by atoms with Crippen LogP contribution < -0.4 is 5.32 Å². The molecular weight excluding hydrogens is 310 g/mol.